The average molecular weight is 423 g/mol. The van der Waals surface area contributed by atoms with Crippen LogP contribution >= 0.6 is 0 Å². The first-order chi connectivity index (χ1) is 13.8. The van der Waals surface area contributed by atoms with Crippen LogP contribution in [0, 0.1) is 0 Å². The maximum Gasteiger partial charge on any atom is 0.322 e. The van der Waals surface area contributed by atoms with Crippen molar-refractivity contribution in [1.82, 2.24) is 9.62 Å². The zero-order valence-corrected chi connectivity index (χ0v) is 17.9. The Kier molecular flexibility index (Phi) is 8.85. The summed E-state index contributed by atoms with van der Waals surface area (Å²) in [7, 11) is -2.49. The fraction of sp³-hybridized carbons (Fsp3) is 0.524. The van der Waals surface area contributed by atoms with E-state index in [4.69, 9.17) is 4.74 Å². The van der Waals surface area contributed by atoms with Crippen molar-refractivity contribution in [2.45, 2.75) is 57.6 Å². The first-order valence-electron chi connectivity index (χ1n) is 9.97. The summed E-state index contributed by atoms with van der Waals surface area (Å²) >= 11 is 0. The fourth-order valence-corrected chi connectivity index (χ4v) is 3.96. The molecule has 0 aliphatic heterocycles. The normalized spacial score (nSPS) is 17.1. The quantitative estimate of drug-likeness (QED) is 0.514. The van der Waals surface area contributed by atoms with Crippen molar-refractivity contribution in [3.63, 3.8) is 0 Å². The largest absolute Gasteiger partial charge is 0.452 e. The Bertz CT molecular complexity index is 800. The van der Waals surface area contributed by atoms with E-state index in [1.165, 1.54) is 32.9 Å². The van der Waals surface area contributed by atoms with Crippen LogP contribution in [0.1, 0.15) is 51.0 Å². The molecule has 7 nitrogen and oxygen atoms in total. The van der Waals surface area contributed by atoms with Crippen molar-refractivity contribution in [1.29, 1.82) is 0 Å². The highest BCUT2D eigenvalue weighted by Crippen LogP contribution is 2.17. The van der Waals surface area contributed by atoms with Gasteiger partial charge in [-0.3, -0.25) is 9.59 Å². The van der Waals surface area contributed by atoms with Crippen molar-refractivity contribution in [3.05, 3.63) is 41.3 Å². The molecule has 1 saturated carbocycles. The molecule has 0 unspecified atom stereocenters. The third-order valence-electron chi connectivity index (χ3n) is 4.90. The van der Waals surface area contributed by atoms with Gasteiger partial charge in [0.25, 0.3) is 5.91 Å². The molecule has 1 aromatic rings. The molecule has 0 bridgehead atoms. The lowest BCUT2D eigenvalue weighted by molar-refractivity contribution is -0.155. The summed E-state index contributed by atoms with van der Waals surface area (Å²) < 4.78 is 30.6. The summed E-state index contributed by atoms with van der Waals surface area (Å²) in [6.45, 7) is 1.02. The van der Waals surface area contributed by atoms with Crippen LogP contribution in [0.3, 0.4) is 0 Å². The number of amides is 1. The molecule has 0 spiro atoms. The molecule has 0 radical (unpaired) electrons. The second-order valence-corrected chi connectivity index (χ2v) is 9.27. The molecule has 1 fully saturated rings. The summed E-state index contributed by atoms with van der Waals surface area (Å²) in [5, 5.41) is 3.97. The maximum atomic E-state index is 12.3. The highest BCUT2D eigenvalue weighted by atomic mass is 32.2. The molecule has 29 heavy (non-hydrogen) atoms. The second-order valence-electron chi connectivity index (χ2n) is 7.34. The van der Waals surface area contributed by atoms with E-state index < -0.39 is 28.6 Å². The second kappa shape index (κ2) is 11.1. The summed E-state index contributed by atoms with van der Waals surface area (Å²) in [6.07, 6.45) is 6.87. The highest BCUT2D eigenvalue weighted by molar-refractivity contribution is 7.92. The van der Waals surface area contributed by atoms with Crippen LogP contribution in [0.2, 0.25) is 0 Å². The van der Waals surface area contributed by atoms with E-state index >= 15 is 0 Å². The summed E-state index contributed by atoms with van der Waals surface area (Å²) in [5.41, 5.74) is 0.732. The van der Waals surface area contributed by atoms with Gasteiger partial charge in [-0.15, -0.1) is 0 Å². The molecule has 1 atom stereocenters. The lowest BCUT2D eigenvalue weighted by Gasteiger charge is -2.20. The number of nitrogens with one attached hydrogen (secondary N) is 1. The van der Waals surface area contributed by atoms with Gasteiger partial charge in [-0.25, -0.2) is 8.42 Å². The van der Waals surface area contributed by atoms with E-state index in [0.717, 1.165) is 41.0 Å². The van der Waals surface area contributed by atoms with Crippen LogP contribution in [0.4, 0.5) is 0 Å². The van der Waals surface area contributed by atoms with Gasteiger partial charge in [0.05, 0.1) is 0 Å². The smallest absolute Gasteiger partial charge is 0.322 e. The van der Waals surface area contributed by atoms with Crippen LogP contribution in [0.25, 0.3) is 6.08 Å². The van der Waals surface area contributed by atoms with Crippen LogP contribution in [-0.4, -0.2) is 50.3 Å². The Morgan fingerprint density at radius 2 is 1.79 bits per heavy atom. The predicted molar refractivity (Wildman–Crippen MR) is 112 cm³/mol. The molecule has 1 aromatic carbocycles. The van der Waals surface area contributed by atoms with Gasteiger partial charge in [-0.05, 0) is 31.4 Å². The summed E-state index contributed by atoms with van der Waals surface area (Å²) in [6, 6.07) is 9.09. The maximum absolute atomic E-state index is 12.3. The van der Waals surface area contributed by atoms with Crippen LogP contribution in [-0.2, 0) is 24.3 Å². The van der Waals surface area contributed by atoms with Gasteiger partial charge in [0, 0.05) is 18.5 Å². The zero-order valence-electron chi connectivity index (χ0n) is 17.0. The lowest BCUT2D eigenvalue weighted by Crippen LogP contribution is -2.43. The summed E-state index contributed by atoms with van der Waals surface area (Å²) in [5.74, 6) is -1.12. The number of benzene rings is 1. The minimum absolute atomic E-state index is 0.109. The monoisotopic (exact) mass is 422 g/mol. The number of hydrogen-bond acceptors (Lipinski definition) is 5. The van der Waals surface area contributed by atoms with Gasteiger partial charge < -0.3 is 10.1 Å². The highest BCUT2D eigenvalue weighted by Gasteiger charge is 2.24. The fourth-order valence-electron chi connectivity index (χ4n) is 3.13. The van der Waals surface area contributed by atoms with Gasteiger partial charge in [-0.1, -0.05) is 56.0 Å². The Morgan fingerprint density at radius 1 is 1.17 bits per heavy atom. The minimum atomic E-state index is -3.78. The first-order valence-corrected chi connectivity index (χ1v) is 11.5. The molecule has 1 amide bonds. The molecule has 8 heteroatoms. The van der Waals surface area contributed by atoms with Gasteiger partial charge in [0.1, 0.15) is 6.54 Å². The number of sulfonamides is 1. The van der Waals surface area contributed by atoms with Gasteiger partial charge in [0.2, 0.25) is 10.0 Å². The lowest BCUT2D eigenvalue weighted by atomic mass is 10.1. The zero-order chi connectivity index (χ0) is 21.3. The number of hydrogen-bond donors (Lipinski definition) is 1. The number of carbonyl (C=O) groups is 2. The minimum Gasteiger partial charge on any atom is -0.452 e. The third kappa shape index (κ3) is 7.98. The topological polar surface area (TPSA) is 92.8 Å². The molecule has 1 N–H and O–H groups in total. The number of ether oxygens (including phenoxy) is 1. The molecule has 1 aliphatic rings. The Hall–Kier alpha value is -2.19. The third-order valence-corrected chi connectivity index (χ3v) is 6.38. The molecule has 160 valence electrons. The first kappa shape index (κ1) is 23.1. The van der Waals surface area contributed by atoms with E-state index in [1.807, 2.05) is 6.07 Å². The molecule has 1 aliphatic carbocycles. The Labute approximate surface area is 173 Å². The standard InChI is InChI=1S/C21H30N2O5S/c1-17(21(25)22-19-12-8-3-4-9-13-19)28-20(24)16-23(2)29(26,27)15-14-18-10-6-5-7-11-18/h5-7,10-11,14-15,17,19H,3-4,8-9,12-13,16H2,1-2H3,(H,22,25)/b15-14+/t17-/m1/s1. The van der Waals surface area contributed by atoms with Crippen LogP contribution < -0.4 is 5.32 Å². The van der Waals surface area contributed by atoms with Crippen molar-refractivity contribution < 1.29 is 22.7 Å². The van der Waals surface area contributed by atoms with Gasteiger partial charge in [-0.2, -0.15) is 4.31 Å². The number of likely N-dealkylation sites (N-methyl/N-ethyl adjacent to an activating group) is 1. The van der Waals surface area contributed by atoms with E-state index in [9.17, 15) is 18.0 Å². The number of esters is 1. The Balaban J connectivity index is 1.83. The van der Waals surface area contributed by atoms with Crippen molar-refractivity contribution in [2.75, 3.05) is 13.6 Å². The molecule has 2 rings (SSSR count). The average Bonchev–Trinajstić information content (AvgIpc) is 2.95. The number of nitrogens with zero attached hydrogens (tertiary/aromatic N) is 1. The van der Waals surface area contributed by atoms with E-state index in [2.05, 4.69) is 5.32 Å². The molecule has 0 heterocycles. The van der Waals surface area contributed by atoms with E-state index in [0.29, 0.717) is 0 Å². The van der Waals surface area contributed by atoms with Crippen molar-refractivity contribution in [2.24, 2.45) is 0 Å². The van der Waals surface area contributed by atoms with E-state index in [1.54, 1.807) is 24.3 Å². The predicted octanol–water partition coefficient (Wildman–Crippen LogP) is 2.69. The van der Waals surface area contributed by atoms with Gasteiger partial charge >= 0.3 is 5.97 Å². The number of carbonyl (C=O) groups excluding carboxylic acids is 2. The molecule has 0 aromatic heterocycles. The van der Waals surface area contributed by atoms with Crippen molar-refractivity contribution >= 4 is 28.0 Å². The molecular formula is C21H30N2O5S. The molecule has 0 saturated heterocycles. The van der Waals surface area contributed by atoms with Crippen molar-refractivity contribution in [3.8, 4) is 0 Å². The number of rotatable bonds is 8. The Morgan fingerprint density at radius 3 is 2.41 bits per heavy atom. The summed E-state index contributed by atoms with van der Waals surface area (Å²) in [4.78, 5) is 24.4. The SMILES string of the molecule is C[C@@H](OC(=O)CN(C)S(=O)(=O)/C=C/c1ccccc1)C(=O)NC1CCCCCC1. The van der Waals surface area contributed by atoms with Crippen LogP contribution in [0.15, 0.2) is 35.7 Å². The van der Waals surface area contributed by atoms with E-state index in [-0.39, 0.29) is 11.9 Å². The van der Waals surface area contributed by atoms with Crippen LogP contribution in [0.5, 0.6) is 0 Å². The van der Waals surface area contributed by atoms with Gasteiger partial charge in [0.15, 0.2) is 6.10 Å². The molecular weight excluding hydrogens is 392 g/mol.